The first-order valence-electron chi connectivity index (χ1n) is 5.62. The molecule has 1 atom stereocenters. The Bertz CT molecular complexity index is 493. The number of aromatic nitrogens is 1. The molecule has 98 valence electrons. The predicted molar refractivity (Wildman–Crippen MR) is 65.4 cm³/mol. The molecule has 1 aromatic heterocycles. The second-order valence-corrected chi connectivity index (χ2v) is 4.44. The number of nitrogens with one attached hydrogen (secondary N) is 2. The molecule has 6 heteroatoms. The van der Waals surface area contributed by atoms with Crippen molar-refractivity contribution in [1.29, 1.82) is 0 Å². The number of pyridine rings is 1. The fraction of sp³-hybridized carbons (Fsp3) is 0.417. The highest BCUT2D eigenvalue weighted by Gasteiger charge is 2.21. The molecule has 18 heavy (non-hydrogen) atoms. The molecule has 0 radical (unpaired) electrons. The van der Waals surface area contributed by atoms with E-state index in [1.807, 2.05) is 13.8 Å². The molecule has 1 amide bonds. The number of carbonyl (C=O) groups is 2. The smallest absolute Gasteiger partial charge is 0.326 e. The molecule has 0 fully saturated rings. The summed E-state index contributed by atoms with van der Waals surface area (Å²) in [5.41, 5.74) is -0.257. The van der Waals surface area contributed by atoms with Crippen molar-refractivity contribution in [3.8, 4) is 0 Å². The van der Waals surface area contributed by atoms with E-state index in [0.717, 1.165) is 6.07 Å². The van der Waals surface area contributed by atoms with Gasteiger partial charge in [-0.05, 0) is 18.4 Å². The fourth-order valence-corrected chi connectivity index (χ4v) is 1.52. The van der Waals surface area contributed by atoms with E-state index in [2.05, 4.69) is 10.3 Å². The number of carboxylic acid groups (broad SMARTS) is 1. The molecule has 1 rings (SSSR count). The van der Waals surface area contributed by atoms with Gasteiger partial charge >= 0.3 is 5.97 Å². The number of amides is 1. The summed E-state index contributed by atoms with van der Waals surface area (Å²) in [7, 11) is 0. The summed E-state index contributed by atoms with van der Waals surface area (Å²) < 4.78 is 0. The minimum absolute atomic E-state index is 0.144. The summed E-state index contributed by atoms with van der Waals surface area (Å²) in [6, 6.07) is 1.60. The molecule has 1 aromatic rings. The first-order chi connectivity index (χ1) is 8.40. The zero-order valence-corrected chi connectivity index (χ0v) is 10.3. The average Bonchev–Trinajstić information content (AvgIpc) is 2.27. The molecule has 6 nitrogen and oxygen atoms in total. The van der Waals surface area contributed by atoms with E-state index in [9.17, 15) is 14.4 Å². The van der Waals surface area contributed by atoms with Gasteiger partial charge in [0.05, 0.1) is 0 Å². The minimum Gasteiger partial charge on any atom is -0.480 e. The van der Waals surface area contributed by atoms with Crippen LogP contribution in [0.5, 0.6) is 0 Å². The second-order valence-electron chi connectivity index (χ2n) is 4.44. The van der Waals surface area contributed by atoms with Gasteiger partial charge in [0.15, 0.2) is 0 Å². The van der Waals surface area contributed by atoms with Crippen LogP contribution in [0.1, 0.15) is 30.6 Å². The molecule has 3 N–H and O–H groups in total. The topological polar surface area (TPSA) is 99.3 Å². The highest BCUT2D eigenvalue weighted by molar-refractivity contribution is 5.96. The maximum absolute atomic E-state index is 11.8. The van der Waals surface area contributed by atoms with Crippen LogP contribution in [-0.2, 0) is 4.79 Å². The van der Waals surface area contributed by atoms with Crippen LogP contribution in [0.15, 0.2) is 23.1 Å². The van der Waals surface area contributed by atoms with E-state index in [0.29, 0.717) is 6.42 Å². The van der Waals surface area contributed by atoms with Crippen molar-refractivity contribution in [3.63, 3.8) is 0 Å². The van der Waals surface area contributed by atoms with Crippen LogP contribution in [0.2, 0.25) is 0 Å². The third-order valence-electron chi connectivity index (χ3n) is 2.35. The van der Waals surface area contributed by atoms with Crippen molar-refractivity contribution in [1.82, 2.24) is 10.3 Å². The molecule has 0 unspecified atom stereocenters. The van der Waals surface area contributed by atoms with Gasteiger partial charge < -0.3 is 15.4 Å². The maximum Gasteiger partial charge on any atom is 0.326 e. The Hall–Kier alpha value is -2.11. The Morgan fingerprint density at radius 3 is 2.61 bits per heavy atom. The van der Waals surface area contributed by atoms with Crippen molar-refractivity contribution < 1.29 is 14.7 Å². The summed E-state index contributed by atoms with van der Waals surface area (Å²) in [5.74, 6) is -1.50. The summed E-state index contributed by atoms with van der Waals surface area (Å²) >= 11 is 0. The Morgan fingerprint density at radius 1 is 1.44 bits per heavy atom. The van der Waals surface area contributed by atoms with Crippen molar-refractivity contribution in [3.05, 3.63) is 34.2 Å². The summed E-state index contributed by atoms with van der Waals surface area (Å²) in [6.45, 7) is 3.74. The normalized spacial score (nSPS) is 12.2. The van der Waals surface area contributed by atoms with Crippen LogP contribution >= 0.6 is 0 Å². The lowest BCUT2D eigenvalue weighted by Crippen LogP contribution is -2.41. The van der Waals surface area contributed by atoms with Gasteiger partial charge in [-0.2, -0.15) is 0 Å². The van der Waals surface area contributed by atoms with Crippen LogP contribution in [-0.4, -0.2) is 28.0 Å². The van der Waals surface area contributed by atoms with Crippen LogP contribution in [0.3, 0.4) is 0 Å². The Balaban J connectivity index is 2.78. The number of hydrogen-bond acceptors (Lipinski definition) is 3. The summed E-state index contributed by atoms with van der Waals surface area (Å²) in [5, 5.41) is 11.4. The lowest BCUT2D eigenvalue weighted by molar-refractivity contribution is -0.139. The van der Waals surface area contributed by atoms with Crippen LogP contribution < -0.4 is 10.9 Å². The van der Waals surface area contributed by atoms with Crippen LogP contribution in [0.4, 0.5) is 0 Å². The molecule has 1 heterocycles. The third-order valence-corrected chi connectivity index (χ3v) is 2.35. The Morgan fingerprint density at radius 2 is 2.11 bits per heavy atom. The molecular formula is C12H16N2O4. The molecule has 0 aliphatic rings. The van der Waals surface area contributed by atoms with Crippen molar-refractivity contribution >= 4 is 11.9 Å². The highest BCUT2D eigenvalue weighted by atomic mass is 16.4. The van der Waals surface area contributed by atoms with Crippen LogP contribution in [0.25, 0.3) is 0 Å². The predicted octanol–water partition coefficient (Wildman–Crippen LogP) is 0.604. The zero-order chi connectivity index (χ0) is 13.7. The number of hydrogen-bond donors (Lipinski definition) is 3. The summed E-state index contributed by atoms with van der Waals surface area (Å²) in [6.07, 6.45) is 1.68. The van der Waals surface area contributed by atoms with E-state index in [-0.39, 0.29) is 11.5 Å². The lowest BCUT2D eigenvalue weighted by Gasteiger charge is -2.16. The molecular weight excluding hydrogens is 236 g/mol. The first kappa shape index (κ1) is 14.0. The van der Waals surface area contributed by atoms with Crippen LogP contribution in [0, 0.1) is 5.92 Å². The molecule has 0 saturated heterocycles. The van der Waals surface area contributed by atoms with Crippen molar-refractivity contribution in [2.45, 2.75) is 26.3 Å². The highest BCUT2D eigenvalue weighted by Crippen LogP contribution is 2.06. The van der Waals surface area contributed by atoms with Gasteiger partial charge in [-0.15, -0.1) is 0 Å². The molecule has 0 aromatic carbocycles. The number of rotatable bonds is 5. The quantitative estimate of drug-likeness (QED) is 0.714. The zero-order valence-electron chi connectivity index (χ0n) is 10.3. The number of aliphatic carboxylic acids is 1. The number of carbonyl (C=O) groups excluding carboxylic acids is 1. The van der Waals surface area contributed by atoms with Crippen molar-refractivity contribution in [2.24, 2.45) is 5.92 Å². The Labute approximate surface area is 104 Å². The van der Waals surface area contributed by atoms with Gasteiger partial charge in [0.2, 0.25) is 5.56 Å². The molecule has 0 saturated carbocycles. The van der Waals surface area contributed by atoms with Gasteiger partial charge in [-0.3, -0.25) is 9.59 Å². The summed E-state index contributed by atoms with van der Waals surface area (Å²) in [4.78, 5) is 36.2. The van der Waals surface area contributed by atoms with E-state index in [1.165, 1.54) is 12.3 Å². The van der Waals surface area contributed by atoms with Gasteiger partial charge in [-0.1, -0.05) is 13.8 Å². The third kappa shape index (κ3) is 4.04. The minimum atomic E-state index is -1.08. The van der Waals surface area contributed by atoms with Gasteiger partial charge in [0, 0.05) is 17.8 Å². The molecule has 0 aliphatic heterocycles. The van der Waals surface area contributed by atoms with Crippen molar-refractivity contribution in [2.75, 3.05) is 0 Å². The van der Waals surface area contributed by atoms with E-state index < -0.39 is 23.5 Å². The molecule has 0 aliphatic carbocycles. The van der Waals surface area contributed by atoms with Gasteiger partial charge in [0.25, 0.3) is 5.91 Å². The molecule has 0 spiro atoms. The number of carboxylic acids is 1. The fourth-order valence-electron chi connectivity index (χ4n) is 1.52. The van der Waals surface area contributed by atoms with E-state index in [4.69, 9.17) is 5.11 Å². The van der Waals surface area contributed by atoms with Gasteiger partial charge in [-0.25, -0.2) is 4.79 Å². The van der Waals surface area contributed by atoms with E-state index >= 15 is 0 Å². The monoisotopic (exact) mass is 252 g/mol. The second kappa shape index (κ2) is 6.00. The number of H-pyrrole nitrogens is 1. The first-order valence-corrected chi connectivity index (χ1v) is 5.62. The lowest BCUT2D eigenvalue weighted by atomic mass is 10.0. The molecule has 0 bridgehead atoms. The number of aromatic amines is 1. The van der Waals surface area contributed by atoms with Gasteiger partial charge in [0.1, 0.15) is 6.04 Å². The van der Waals surface area contributed by atoms with E-state index in [1.54, 1.807) is 0 Å². The standard InChI is InChI=1S/C12H16N2O4/c1-7(2)5-9(12(17)18)14-11(16)8-3-4-13-10(15)6-8/h3-4,6-7,9H,5H2,1-2H3,(H,13,15)(H,14,16)(H,17,18)/t9-/m1/s1. The Kier molecular flexibility index (Phi) is 4.65. The SMILES string of the molecule is CC(C)C[C@@H](NC(=O)c1cc[nH]c(=O)c1)C(=O)O. The maximum atomic E-state index is 11.8. The average molecular weight is 252 g/mol. The largest absolute Gasteiger partial charge is 0.480 e.